The van der Waals surface area contributed by atoms with Crippen molar-refractivity contribution >= 4 is 5.91 Å². The molecular formula is C11H23N3O2. The Hall–Kier alpha value is -0.650. The fraction of sp³-hybridized carbons (Fsp3) is 0.909. The number of piperidine rings is 1. The summed E-state index contributed by atoms with van der Waals surface area (Å²) in [6.07, 6.45) is 3.05. The summed E-state index contributed by atoms with van der Waals surface area (Å²) in [7, 11) is 1.68. The van der Waals surface area contributed by atoms with Gasteiger partial charge in [-0.15, -0.1) is 0 Å². The number of carbonyl (C=O) groups is 1. The topological polar surface area (TPSA) is 67.6 Å². The minimum Gasteiger partial charge on any atom is -0.377 e. The predicted octanol–water partition coefficient (Wildman–Crippen LogP) is -0.438. The van der Waals surface area contributed by atoms with Crippen LogP contribution in [0.2, 0.25) is 0 Å². The van der Waals surface area contributed by atoms with Crippen molar-refractivity contribution in [2.24, 2.45) is 5.73 Å². The highest BCUT2D eigenvalue weighted by Crippen LogP contribution is 2.13. The van der Waals surface area contributed by atoms with Crippen LogP contribution in [0.25, 0.3) is 0 Å². The monoisotopic (exact) mass is 229 g/mol. The van der Waals surface area contributed by atoms with E-state index in [0.29, 0.717) is 25.7 Å². The number of hydrogen-bond acceptors (Lipinski definition) is 4. The third kappa shape index (κ3) is 4.92. The first-order chi connectivity index (χ1) is 7.76. The smallest absolute Gasteiger partial charge is 0.221 e. The number of ether oxygens (including phenoxy) is 1. The highest BCUT2D eigenvalue weighted by atomic mass is 16.5. The van der Waals surface area contributed by atoms with Gasteiger partial charge in [-0.25, -0.2) is 0 Å². The van der Waals surface area contributed by atoms with Crippen LogP contribution in [0.1, 0.15) is 19.3 Å². The van der Waals surface area contributed by atoms with Gasteiger partial charge in [-0.2, -0.15) is 0 Å². The molecule has 94 valence electrons. The van der Waals surface area contributed by atoms with Crippen LogP contribution >= 0.6 is 0 Å². The molecule has 0 saturated carbocycles. The van der Waals surface area contributed by atoms with E-state index in [9.17, 15) is 4.79 Å². The van der Waals surface area contributed by atoms with Gasteiger partial charge in [0.25, 0.3) is 0 Å². The van der Waals surface area contributed by atoms with E-state index in [4.69, 9.17) is 10.5 Å². The summed E-state index contributed by atoms with van der Waals surface area (Å²) in [4.78, 5) is 13.4. The number of hydrogen-bond donors (Lipinski definition) is 2. The van der Waals surface area contributed by atoms with Crippen molar-refractivity contribution in [2.45, 2.75) is 25.4 Å². The van der Waals surface area contributed by atoms with Crippen LogP contribution < -0.4 is 11.1 Å². The van der Waals surface area contributed by atoms with Crippen molar-refractivity contribution < 1.29 is 9.53 Å². The fourth-order valence-electron chi connectivity index (χ4n) is 1.92. The van der Waals surface area contributed by atoms with Crippen LogP contribution in [0.3, 0.4) is 0 Å². The van der Waals surface area contributed by atoms with Gasteiger partial charge < -0.3 is 20.7 Å². The maximum Gasteiger partial charge on any atom is 0.221 e. The van der Waals surface area contributed by atoms with E-state index < -0.39 is 0 Å². The quantitative estimate of drug-likeness (QED) is 0.648. The molecule has 1 saturated heterocycles. The van der Waals surface area contributed by atoms with Gasteiger partial charge in [0, 0.05) is 39.6 Å². The van der Waals surface area contributed by atoms with E-state index in [1.165, 1.54) is 0 Å². The molecule has 0 aromatic heterocycles. The zero-order valence-electron chi connectivity index (χ0n) is 10.1. The summed E-state index contributed by atoms with van der Waals surface area (Å²) in [5.74, 6) is 0.113. The summed E-state index contributed by atoms with van der Waals surface area (Å²) in [5.41, 5.74) is 5.39. The Morgan fingerprint density at radius 3 is 2.75 bits per heavy atom. The van der Waals surface area contributed by atoms with Crippen molar-refractivity contribution in [3.05, 3.63) is 0 Å². The van der Waals surface area contributed by atoms with Crippen LogP contribution in [-0.4, -0.2) is 56.7 Å². The second-order valence-corrected chi connectivity index (χ2v) is 4.12. The molecule has 1 aliphatic heterocycles. The molecule has 0 unspecified atom stereocenters. The lowest BCUT2D eigenvalue weighted by Gasteiger charge is -2.31. The molecular weight excluding hydrogens is 206 g/mol. The number of likely N-dealkylation sites (tertiary alicyclic amines) is 1. The average molecular weight is 229 g/mol. The molecule has 0 bridgehead atoms. The van der Waals surface area contributed by atoms with E-state index >= 15 is 0 Å². The van der Waals surface area contributed by atoms with Crippen LogP contribution in [0.15, 0.2) is 0 Å². The largest absolute Gasteiger partial charge is 0.377 e. The Labute approximate surface area is 97.3 Å². The van der Waals surface area contributed by atoms with Crippen LogP contribution in [0.4, 0.5) is 0 Å². The first-order valence-electron chi connectivity index (χ1n) is 6.01. The second kappa shape index (κ2) is 7.60. The van der Waals surface area contributed by atoms with E-state index in [-0.39, 0.29) is 5.91 Å². The Morgan fingerprint density at radius 1 is 1.50 bits per heavy atom. The van der Waals surface area contributed by atoms with E-state index in [2.05, 4.69) is 10.2 Å². The van der Waals surface area contributed by atoms with Gasteiger partial charge in [0.1, 0.15) is 0 Å². The Kier molecular flexibility index (Phi) is 6.37. The number of rotatable bonds is 6. The van der Waals surface area contributed by atoms with Crippen molar-refractivity contribution in [2.75, 3.05) is 39.8 Å². The van der Waals surface area contributed by atoms with Crippen LogP contribution in [-0.2, 0) is 9.53 Å². The molecule has 16 heavy (non-hydrogen) atoms. The van der Waals surface area contributed by atoms with Gasteiger partial charge in [-0.1, -0.05) is 0 Å². The molecule has 1 aliphatic rings. The zero-order chi connectivity index (χ0) is 11.8. The Balaban J connectivity index is 2.09. The van der Waals surface area contributed by atoms with Crippen molar-refractivity contribution in [3.63, 3.8) is 0 Å². The number of amides is 1. The summed E-state index contributed by atoms with van der Waals surface area (Å²) < 4.78 is 5.60. The van der Waals surface area contributed by atoms with Gasteiger partial charge in [0.2, 0.25) is 5.91 Å². The summed E-state index contributed by atoms with van der Waals surface area (Å²) in [6, 6.07) is 0. The lowest BCUT2D eigenvalue weighted by molar-refractivity contribution is -0.121. The van der Waals surface area contributed by atoms with Gasteiger partial charge in [-0.05, 0) is 12.8 Å². The maximum absolute atomic E-state index is 11.1. The third-order valence-electron chi connectivity index (χ3n) is 2.94. The SMILES string of the molecule is CNC(=O)CCN1CCC(OCCN)CC1. The second-order valence-electron chi connectivity index (χ2n) is 4.12. The molecule has 1 fully saturated rings. The number of carbonyl (C=O) groups excluding carboxylic acids is 1. The molecule has 0 atom stereocenters. The minimum absolute atomic E-state index is 0.113. The summed E-state index contributed by atoms with van der Waals surface area (Å²) >= 11 is 0. The molecule has 1 amide bonds. The molecule has 0 aromatic rings. The van der Waals surface area contributed by atoms with Crippen LogP contribution in [0.5, 0.6) is 0 Å². The van der Waals surface area contributed by atoms with E-state index in [1.807, 2.05) is 0 Å². The Bertz CT molecular complexity index is 203. The van der Waals surface area contributed by atoms with Gasteiger partial charge in [0.05, 0.1) is 12.7 Å². The number of nitrogens with zero attached hydrogens (tertiary/aromatic N) is 1. The molecule has 3 N–H and O–H groups in total. The van der Waals surface area contributed by atoms with Crippen molar-refractivity contribution in [1.82, 2.24) is 10.2 Å². The average Bonchev–Trinajstić information content (AvgIpc) is 2.34. The van der Waals surface area contributed by atoms with Gasteiger partial charge in [0.15, 0.2) is 0 Å². The lowest BCUT2D eigenvalue weighted by Crippen LogP contribution is -2.39. The van der Waals surface area contributed by atoms with Crippen molar-refractivity contribution in [3.8, 4) is 0 Å². The number of nitrogens with two attached hydrogens (primary N) is 1. The molecule has 0 radical (unpaired) electrons. The minimum atomic E-state index is 0.113. The maximum atomic E-state index is 11.1. The standard InChI is InChI=1S/C11H23N3O2/c1-13-11(15)4-8-14-6-2-10(3-7-14)16-9-5-12/h10H,2-9,12H2,1H3,(H,13,15). The molecule has 5 nitrogen and oxygen atoms in total. The van der Waals surface area contributed by atoms with E-state index in [0.717, 1.165) is 32.5 Å². The zero-order valence-corrected chi connectivity index (χ0v) is 10.1. The molecule has 1 rings (SSSR count). The summed E-state index contributed by atoms with van der Waals surface area (Å²) in [5, 5.41) is 2.64. The fourth-order valence-corrected chi connectivity index (χ4v) is 1.92. The third-order valence-corrected chi connectivity index (χ3v) is 2.94. The van der Waals surface area contributed by atoms with E-state index in [1.54, 1.807) is 7.05 Å². The highest BCUT2D eigenvalue weighted by Gasteiger charge is 2.19. The number of nitrogens with one attached hydrogen (secondary N) is 1. The normalized spacial score (nSPS) is 18.6. The van der Waals surface area contributed by atoms with Crippen LogP contribution in [0, 0.1) is 0 Å². The lowest BCUT2D eigenvalue weighted by atomic mass is 10.1. The molecule has 0 spiro atoms. The molecule has 0 aliphatic carbocycles. The highest BCUT2D eigenvalue weighted by molar-refractivity contribution is 5.75. The Morgan fingerprint density at radius 2 is 2.19 bits per heavy atom. The first-order valence-corrected chi connectivity index (χ1v) is 6.01. The summed E-state index contributed by atoms with van der Waals surface area (Å²) in [6.45, 7) is 4.14. The first kappa shape index (κ1) is 13.4. The van der Waals surface area contributed by atoms with Gasteiger partial charge in [-0.3, -0.25) is 4.79 Å². The molecule has 1 heterocycles. The molecule has 0 aromatic carbocycles. The predicted molar refractivity (Wildman–Crippen MR) is 63.2 cm³/mol. The molecule has 5 heteroatoms. The van der Waals surface area contributed by atoms with Gasteiger partial charge >= 0.3 is 0 Å². The van der Waals surface area contributed by atoms with Crippen molar-refractivity contribution in [1.29, 1.82) is 0 Å².